The van der Waals surface area contributed by atoms with E-state index in [-0.39, 0.29) is 6.03 Å². The lowest BCUT2D eigenvalue weighted by Crippen LogP contribution is -2.49. The monoisotopic (exact) mass is 379 g/mol. The zero-order valence-electron chi connectivity index (χ0n) is 16.6. The normalized spacial score (nSPS) is 17.8. The highest BCUT2D eigenvalue weighted by molar-refractivity contribution is 5.90. The molecule has 2 aliphatic heterocycles. The molecule has 2 saturated heterocycles. The Morgan fingerprint density at radius 1 is 1.00 bits per heavy atom. The van der Waals surface area contributed by atoms with Crippen molar-refractivity contribution in [3.63, 3.8) is 0 Å². The molecule has 0 spiro atoms. The number of carbonyl (C=O) groups is 1. The molecule has 0 bridgehead atoms. The molecule has 28 heavy (non-hydrogen) atoms. The topological polar surface area (TPSA) is 51.7 Å². The van der Waals surface area contributed by atoms with Crippen LogP contribution in [0.25, 0.3) is 0 Å². The van der Waals surface area contributed by atoms with E-state index >= 15 is 0 Å². The maximum Gasteiger partial charge on any atom is 0.321 e. The van der Waals surface area contributed by atoms with E-state index in [0.29, 0.717) is 0 Å². The van der Waals surface area contributed by atoms with Crippen LogP contribution in [0.4, 0.5) is 16.2 Å². The molecule has 0 radical (unpaired) electrons. The number of carbonyl (C=O) groups excluding carboxylic acids is 1. The summed E-state index contributed by atoms with van der Waals surface area (Å²) in [5.74, 6) is 0. The number of hydrogen-bond acceptors (Lipinski definition) is 4. The Labute approximate surface area is 167 Å². The third-order valence-corrected chi connectivity index (χ3v) is 5.74. The van der Waals surface area contributed by atoms with Crippen molar-refractivity contribution in [1.29, 1.82) is 0 Å². The molecule has 3 heterocycles. The zero-order chi connectivity index (χ0) is 19.3. The van der Waals surface area contributed by atoms with Crippen LogP contribution in [0.15, 0.2) is 42.7 Å². The minimum absolute atomic E-state index is 0.000540. The predicted molar refractivity (Wildman–Crippen MR) is 113 cm³/mol. The first-order valence-corrected chi connectivity index (χ1v) is 10.2. The molecule has 2 aliphatic rings. The molecule has 4 rings (SSSR count). The standard InChI is InChI=1S/C22H29N5O/c1-18-16-20(26-10-2-3-11-26)4-5-21(18)24-22(28)27-14-12-25(13-15-27)17-19-6-8-23-9-7-19/h4-9,16H,2-3,10-15,17H2,1H3,(H,24,28). The summed E-state index contributed by atoms with van der Waals surface area (Å²) in [6.45, 7) is 8.54. The highest BCUT2D eigenvalue weighted by Gasteiger charge is 2.22. The van der Waals surface area contributed by atoms with Crippen LogP contribution in [0.5, 0.6) is 0 Å². The van der Waals surface area contributed by atoms with E-state index in [0.717, 1.165) is 57.1 Å². The van der Waals surface area contributed by atoms with Crippen LogP contribution < -0.4 is 10.2 Å². The second kappa shape index (κ2) is 8.61. The summed E-state index contributed by atoms with van der Waals surface area (Å²) in [5.41, 5.74) is 4.56. The van der Waals surface area contributed by atoms with Gasteiger partial charge < -0.3 is 15.1 Å². The number of piperazine rings is 1. The van der Waals surface area contributed by atoms with Gasteiger partial charge in [-0.3, -0.25) is 9.88 Å². The number of urea groups is 1. The molecule has 148 valence electrons. The fourth-order valence-electron chi connectivity index (χ4n) is 4.01. The summed E-state index contributed by atoms with van der Waals surface area (Å²) in [6, 6.07) is 10.5. The maximum absolute atomic E-state index is 12.7. The minimum Gasteiger partial charge on any atom is -0.372 e. The molecule has 1 aromatic carbocycles. The van der Waals surface area contributed by atoms with E-state index in [4.69, 9.17) is 0 Å². The summed E-state index contributed by atoms with van der Waals surface area (Å²) in [4.78, 5) is 23.5. The summed E-state index contributed by atoms with van der Waals surface area (Å²) >= 11 is 0. The van der Waals surface area contributed by atoms with Gasteiger partial charge in [-0.05, 0) is 61.2 Å². The number of nitrogens with zero attached hydrogens (tertiary/aromatic N) is 4. The van der Waals surface area contributed by atoms with Crippen molar-refractivity contribution < 1.29 is 4.79 Å². The van der Waals surface area contributed by atoms with Gasteiger partial charge in [-0.15, -0.1) is 0 Å². The highest BCUT2D eigenvalue weighted by atomic mass is 16.2. The Hall–Kier alpha value is -2.60. The Kier molecular flexibility index (Phi) is 5.76. The van der Waals surface area contributed by atoms with Crippen LogP contribution in [-0.2, 0) is 6.54 Å². The predicted octanol–water partition coefficient (Wildman–Crippen LogP) is 3.34. The maximum atomic E-state index is 12.7. The molecule has 6 nitrogen and oxygen atoms in total. The number of rotatable bonds is 4. The van der Waals surface area contributed by atoms with Crippen molar-refractivity contribution in [3.8, 4) is 0 Å². The summed E-state index contributed by atoms with van der Waals surface area (Å²) in [5, 5.41) is 3.10. The van der Waals surface area contributed by atoms with E-state index in [1.165, 1.54) is 24.1 Å². The second-order valence-corrected chi connectivity index (χ2v) is 7.74. The van der Waals surface area contributed by atoms with Crippen LogP contribution in [-0.4, -0.2) is 60.1 Å². The first kappa shape index (κ1) is 18.7. The highest BCUT2D eigenvalue weighted by Crippen LogP contribution is 2.25. The number of anilines is 2. The van der Waals surface area contributed by atoms with Gasteiger partial charge in [0.1, 0.15) is 0 Å². The molecule has 0 unspecified atom stereocenters. The fourth-order valence-corrected chi connectivity index (χ4v) is 4.01. The first-order valence-electron chi connectivity index (χ1n) is 10.2. The van der Waals surface area contributed by atoms with E-state index in [1.54, 1.807) is 0 Å². The first-order chi connectivity index (χ1) is 13.7. The summed E-state index contributed by atoms with van der Waals surface area (Å²) in [7, 11) is 0. The van der Waals surface area contributed by atoms with Crippen LogP contribution in [0.2, 0.25) is 0 Å². The summed E-state index contributed by atoms with van der Waals surface area (Å²) in [6.07, 6.45) is 6.20. The van der Waals surface area contributed by atoms with Gasteiger partial charge in [0.2, 0.25) is 0 Å². The summed E-state index contributed by atoms with van der Waals surface area (Å²) < 4.78 is 0. The molecule has 0 saturated carbocycles. The Morgan fingerprint density at radius 2 is 1.71 bits per heavy atom. The molecule has 2 aromatic rings. The van der Waals surface area contributed by atoms with Crippen molar-refractivity contribution in [2.75, 3.05) is 49.5 Å². The fraction of sp³-hybridized carbons (Fsp3) is 0.455. The number of aromatic nitrogens is 1. The lowest BCUT2D eigenvalue weighted by molar-refractivity contribution is 0.143. The minimum atomic E-state index is 0.000540. The van der Waals surface area contributed by atoms with Crippen LogP contribution in [0.3, 0.4) is 0 Å². The Balaban J connectivity index is 1.29. The molecular weight excluding hydrogens is 350 g/mol. The Morgan fingerprint density at radius 3 is 2.39 bits per heavy atom. The number of nitrogens with one attached hydrogen (secondary N) is 1. The second-order valence-electron chi connectivity index (χ2n) is 7.74. The van der Waals surface area contributed by atoms with E-state index in [2.05, 4.69) is 39.2 Å². The van der Waals surface area contributed by atoms with Crippen molar-refractivity contribution in [2.45, 2.75) is 26.3 Å². The molecule has 2 fully saturated rings. The van der Waals surface area contributed by atoms with Gasteiger partial charge in [0.05, 0.1) is 0 Å². The van der Waals surface area contributed by atoms with Crippen molar-refractivity contribution >= 4 is 17.4 Å². The van der Waals surface area contributed by atoms with E-state index in [9.17, 15) is 4.79 Å². The zero-order valence-corrected chi connectivity index (χ0v) is 16.6. The molecular formula is C22H29N5O. The number of amides is 2. The van der Waals surface area contributed by atoms with Gasteiger partial charge in [0, 0.05) is 69.6 Å². The van der Waals surface area contributed by atoms with Crippen LogP contribution in [0, 0.1) is 6.92 Å². The average molecular weight is 380 g/mol. The average Bonchev–Trinajstić information content (AvgIpc) is 3.26. The molecule has 1 N–H and O–H groups in total. The largest absolute Gasteiger partial charge is 0.372 e. The van der Waals surface area contributed by atoms with Gasteiger partial charge in [0.15, 0.2) is 0 Å². The van der Waals surface area contributed by atoms with Gasteiger partial charge in [0.25, 0.3) is 0 Å². The molecule has 1 aromatic heterocycles. The van der Waals surface area contributed by atoms with Gasteiger partial charge in [-0.1, -0.05) is 0 Å². The van der Waals surface area contributed by atoms with E-state index < -0.39 is 0 Å². The van der Waals surface area contributed by atoms with Crippen molar-refractivity contribution in [1.82, 2.24) is 14.8 Å². The van der Waals surface area contributed by atoms with Gasteiger partial charge >= 0.3 is 6.03 Å². The Bertz CT molecular complexity index is 796. The van der Waals surface area contributed by atoms with Gasteiger partial charge in [-0.2, -0.15) is 0 Å². The number of benzene rings is 1. The smallest absolute Gasteiger partial charge is 0.321 e. The molecule has 6 heteroatoms. The van der Waals surface area contributed by atoms with E-state index in [1.807, 2.05) is 35.5 Å². The van der Waals surface area contributed by atoms with Crippen LogP contribution >= 0.6 is 0 Å². The van der Waals surface area contributed by atoms with Crippen molar-refractivity contribution in [3.05, 3.63) is 53.9 Å². The lowest BCUT2D eigenvalue weighted by atomic mass is 10.1. The van der Waals surface area contributed by atoms with Crippen molar-refractivity contribution in [2.24, 2.45) is 0 Å². The SMILES string of the molecule is Cc1cc(N2CCCC2)ccc1NC(=O)N1CCN(Cc2ccncc2)CC1. The molecule has 0 atom stereocenters. The van der Waals surface area contributed by atoms with Crippen LogP contribution in [0.1, 0.15) is 24.0 Å². The number of hydrogen-bond donors (Lipinski definition) is 1. The number of pyridine rings is 1. The lowest BCUT2D eigenvalue weighted by Gasteiger charge is -2.34. The number of aryl methyl sites for hydroxylation is 1. The quantitative estimate of drug-likeness (QED) is 0.885. The third-order valence-electron chi connectivity index (χ3n) is 5.74. The third kappa shape index (κ3) is 4.44. The molecule has 2 amide bonds. The molecule has 0 aliphatic carbocycles. The van der Waals surface area contributed by atoms with Gasteiger partial charge in [-0.25, -0.2) is 4.79 Å².